The summed E-state index contributed by atoms with van der Waals surface area (Å²) in [5.74, 6) is 0. The predicted molar refractivity (Wildman–Crippen MR) is 107 cm³/mol. The van der Waals surface area contributed by atoms with Gasteiger partial charge in [0.25, 0.3) is 0 Å². The first-order valence-electron chi connectivity index (χ1n) is 9.29. The van der Waals surface area contributed by atoms with Crippen LogP contribution in [-0.4, -0.2) is 42.9 Å². The van der Waals surface area contributed by atoms with E-state index in [2.05, 4.69) is 72.0 Å². The van der Waals surface area contributed by atoms with Crippen molar-refractivity contribution in [2.45, 2.75) is 31.5 Å². The smallest absolute Gasteiger partial charge is 0.419 e. The number of likely N-dealkylation sites (tertiary alicyclic amines) is 1. The highest BCUT2D eigenvalue weighted by molar-refractivity contribution is 5.73. The largest absolute Gasteiger partial charge is 0.464 e. The first-order valence-corrected chi connectivity index (χ1v) is 9.29. The molecule has 3 N–H and O–H groups in total. The molecule has 2 atom stereocenters. The monoisotopic (exact) mass is 366 g/mol. The highest BCUT2D eigenvalue weighted by atomic mass is 16.4. The molecule has 0 saturated carbocycles. The Morgan fingerprint density at radius 3 is 2.78 bits per heavy atom. The van der Waals surface area contributed by atoms with Crippen LogP contribution in [0.4, 0.5) is 10.5 Å². The minimum absolute atomic E-state index is 0.152. The molecule has 2 aromatic carbocycles. The highest BCUT2D eigenvalue weighted by Crippen LogP contribution is 2.51. The summed E-state index contributed by atoms with van der Waals surface area (Å²) in [7, 11) is 4.40. The summed E-state index contributed by atoms with van der Waals surface area (Å²) in [4.78, 5) is 15.4. The Hall–Kier alpha value is -2.57. The molecule has 1 fully saturated rings. The van der Waals surface area contributed by atoms with Gasteiger partial charge in [-0.15, -0.1) is 0 Å². The number of carboxylic acid groups (broad SMARTS) is 1. The van der Waals surface area contributed by atoms with Crippen LogP contribution in [0.15, 0.2) is 42.5 Å². The minimum Gasteiger partial charge on any atom is -0.464 e. The number of carbonyl (C=O) groups is 1. The van der Waals surface area contributed by atoms with Crippen LogP contribution in [0.1, 0.15) is 24.5 Å². The number of hydrogen-bond donors (Lipinski definition) is 3. The summed E-state index contributed by atoms with van der Waals surface area (Å²) in [6.07, 6.45) is 0.498. The van der Waals surface area contributed by atoms with E-state index in [-0.39, 0.29) is 5.41 Å². The van der Waals surface area contributed by atoms with Crippen molar-refractivity contribution < 1.29 is 9.90 Å². The molecule has 0 aliphatic carbocycles. The number of amides is 1. The lowest BCUT2D eigenvalue weighted by Gasteiger charge is -2.32. The molecule has 0 unspecified atom stereocenters. The van der Waals surface area contributed by atoms with Gasteiger partial charge >= 0.3 is 6.09 Å². The van der Waals surface area contributed by atoms with Gasteiger partial charge in [0.15, 0.2) is 0 Å². The minimum atomic E-state index is -1.08. The second-order valence-corrected chi connectivity index (χ2v) is 7.85. The Morgan fingerprint density at radius 1 is 1.22 bits per heavy atom. The third-order valence-corrected chi connectivity index (χ3v) is 6.08. The first-order chi connectivity index (χ1) is 12.9. The maximum Gasteiger partial charge on any atom is 0.419 e. The molecule has 2 aromatic rings. The van der Waals surface area contributed by atoms with Gasteiger partial charge in [-0.2, -0.15) is 0 Å². The molecule has 6 heteroatoms. The van der Waals surface area contributed by atoms with Crippen molar-refractivity contribution in [1.29, 1.82) is 0 Å². The third kappa shape index (κ3) is 2.95. The molecule has 142 valence electrons. The molecule has 0 bridgehead atoms. The zero-order chi connectivity index (χ0) is 19.2. The van der Waals surface area contributed by atoms with E-state index in [1.807, 2.05) is 12.1 Å². The average molecular weight is 366 g/mol. The Labute approximate surface area is 159 Å². The molecular weight excluding hydrogens is 340 g/mol. The molecule has 0 radical (unpaired) electrons. The number of likely N-dealkylation sites (N-methyl/N-ethyl adjacent to an activating group) is 2. The standard InChI is InChI=1S/C21H26N4O2/c1-21-9-10-24(2)19(21)25(3)18-8-7-16(12-17(18)21)15-6-4-5-14(11-15)13-22-23-20(26)27/h4-8,11-12,19,22-23H,9-10,13H2,1-3H3,(H,26,27)/t19-,21+/m1/s1. The molecule has 2 aliphatic rings. The normalized spacial score (nSPS) is 24.0. The van der Waals surface area contributed by atoms with E-state index < -0.39 is 6.09 Å². The number of nitrogens with one attached hydrogen (secondary N) is 2. The van der Waals surface area contributed by atoms with Crippen LogP contribution < -0.4 is 15.8 Å². The van der Waals surface area contributed by atoms with Gasteiger partial charge < -0.3 is 10.0 Å². The second kappa shape index (κ2) is 6.55. The molecule has 2 aliphatic heterocycles. The fourth-order valence-corrected chi connectivity index (χ4v) is 4.84. The van der Waals surface area contributed by atoms with Crippen molar-refractivity contribution >= 4 is 11.8 Å². The van der Waals surface area contributed by atoms with Gasteiger partial charge in [0.2, 0.25) is 0 Å². The lowest BCUT2D eigenvalue weighted by molar-refractivity contribution is 0.189. The van der Waals surface area contributed by atoms with E-state index in [9.17, 15) is 4.79 Å². The van der Waals surface area contributed by atoms with Gasteiger partial charge in [-0.25, -0.2) is 10.2 Å². The van der Waals surface area contributed by atoms with Crippen molar-refractivity contribution in [3.05, 3.63) is 53.6 Å². The van der Waals surface area contributed by atoms with Gasteiger partial charge in [0, 0.05) is 31.2 Å². The quantitative estimate of drug-likeness (QED) is 0.726. The molecule has 27 heavy (non-hydrogen) atoms. The van der Waals surface area contributed by atoms with Gasteiger partial charge in [0.05, 0.1) is 6.17 Å². The zero-order valence-electron chi connectivity index (χ0n) is 16.0. The number of hydrogen-bond acceptors (Lipinski definition) is 4. The molecule has 0 aromatic heterocycles. The molecule has 1 saturated heterocycles. The van der Waals surface area contributed by atoms with Crippen molar-refractivity contribution in [3.63, 3.8) is 0 Å². The van der Waals surface area contributed by atoms with E-state index in [0.29, 0.717) is 12.7 Å². The van der Waals surface area contributed by atoms with E-state index in [0.717, 1.165) is 17.7 Å². The van der Waals surface area contributed by atoms with Crippen molar-refractivity contribution in [2.24, 2.45) is 0 Å². The summed E-state index contributed by atoms with van der Waals surface area (Å²) >= 11 is 0. The van der Waals surface area contributed by atoms with Crippen LogP contribution in [0.3, 0.4) is 0 Å². The van der Waals surface area contributed by atoms with Crippen LogP contribution in [0.25, 0.3) is 11.1 Å². The number of nitrogens with zero attached hydrogens (tertiary/aromatic N) is 2. The summed E-state index contributed by atoms with van der Waals surface area (Å²) in [6.45, 7) is 3.94. The van der Waals surface area contributed by atoms with Gasteiger partial charge in [-0.3, -0.25) is 10.3 Å². The Kier molecular flexibility index (Phi) is 4.32. The summed E-state index contributed by atoms with van der Waals surface area (Å²) in [5, 5.41) is 8.67. The van der Waals surface area contributed by atoms with Crippen LogP contribution in [0.5, 0.6) is 0 Å². The van der Waals surface area contributed by atoms with Crippen LogP contribution in [0.2, 0.25) is 0 Å². The maximum absolute atomic E-state index is 10.6. The van der Waals surface area contributed by atoms with Crippen molar-refractivity contribution in [1.82, 2.24) is 15.8 Å². The molecule has 2 heterocycles. The Balaban J connectivity index is 1.64. The third-order valence-electron chi connectivity index (χ3n) is 6.08. The fourth-order valence-electron chi connectivity index (χ4n) is 4.84. The first kappa shape index (κ1) is 17.8. The van der Waals surface area contributed by atoms with Crippen molar-refractivity contribution in [2.75, 3.05) is 25.5 Å². The van der Waals surface area contributed by atoms with Crippen LogP contribution >= 0.6 is 0 Å². The number of hydrazine groups is 1. The van der Waals surface area contributed by atoms with Gasteiger partial charge in [-0.1, -0.05) is 31.2 Å². The summed E-state index contributed by atoms with van der Waals surface area (Å²) in [5.41, 5.74) is 11.2. The fraction of sp³-hybridized carbons (Fsp3) is 0.381. The second-order valence-electron chi connectivity index (χ2n) is 7.85. The zero-order valence-corrected chi connectivity index (χ0v) is 16.0. The number of anilines is 1. The van der Waals surface area contributed by atoms with E-state index >= 15 is 0 Å². The topological polar surface area (TPSA) is 67.8 Å². The average Bonchev–Trinajstić information content (AvgIpc) is 3.07. The highest BCUT2D eigenvalue weighted by Gasteiger charge is 2.52. The van der Waals surface area contributed by atoms with E-state index in [1.165, 1.54) is 23.2 Å². The van der Waals surface area contributed by atoms with Crippen LogP contribution in [-0.2, 0) is 12.0 Å². The summed E-state index contributed by atoms with van der Waals surface area (Å²) < 4.78 is 0. The number of rotatable bonds is 4. The Bertz CT molecular complexity index is 884. The Morgan fingerprint density at radius 2 is 2.00 bits per heavy atom. The van der Waals surface area contributed by atoms with E-state index in [1.54, 1.807) is 0 Å². The predicted octanol–water partition coefficient (Wildman–Crippen LogP) is 2.99. The summed E-state index contributed by atoms with van der Waals surface area (Å²) in [6, 6.07) is 15.0. The van der Waals surface area contributed by atoms with Gasteiger partial charge in [-0.05, 0) is 53.9 Å². The van der Waals surface area contributed by atoms with Gasteiger partial charge in [0.1, 0.15) is 0 Å². The molecule has 4 rings (SSSR count). The maximum atomic E-state index is 10.6. The van der Waals surface area contributed by atoms with Crippen LogP contribution in [0, 0.1) is 0 Å². The van der Waals surface area contributed by atoms with Crippen molar-refractivity contribution in [3.8, 4) is 11.1 Å². The lowest BCUT2D eigenvalue weighted by atomic mass is 9.80. The lowest BCUT2D eigenvalue weighted by Crippen LogP contribution is -2.45. The number of benzene rings is 2. The van der Waals surface area contributed by atoms with E-state index in [4.69, 9.17) is 5.11 Å². The molecular formula is C21H26N4O2. The SMILES string of the molecule is CN1CC[C@@]2(C)c3cc(-c4cccc(CNNC(=O)O)c4)ccc3N(C)[C@@H]12. The molecule has 6 nitrogen and oxygen atoms in total. The molecule has 1 amide bonds. The molecule has 0 spiro atoms. The number of fused-ring (bicyclic) bond motifs is 3.